The van der Waals surface area contributed by atoms with Crippen molar-refractivity contribution < 1.29 is 76.2 Å². The number of likely N-dealkylation sites (N-methyl/N-ethyl adjacent to an activating group) is 1. The first-order valence-corrected chi connectivity index (χ1v) is 17.9. The molecule has 0 saturated carbocycles. The fourth-order valence-electron chi connectivity index (χ4n) is 4.24. The highest BCUT2D eigenvalue weighted by Gasteiger charge is 2.24. The molecule has 1 atom stereocenters. The molecule has 3 amide bonds. The third kappa shape index (κ3) is 24.2. The van der Waals surface area contributed by atoms with Gasteiger partial charge in [-0.2, -0.15) is 0 Å². The maximum atomic E-state index is 12.1. The Kier molecular flexibility index (Phi) is 29.0. The van der Waals surface area contributed by atoms with Crippen LogP contribution in [0.15, 0.2) is 12.1 Å². The van der Waals surface area contributed by atoms with Crippen molar-refractivity contribution in [3.8, 4) is 11.5 Å². The molecule has 1 unspecified atom stereocenters. The van der Waals surface area contributed by atoms with Crippen molar-refractivity contribution in [3.63, 3.8) is 0 Å². The first-order valence-electron chi connectivity index (χ1n) is 17.9. The number of hydrogen-bond acceptors (Lipinski definition) is 18. The van der Waals surface area contributed by atoms with Crippen molar-refractivity contribution >= 4 is 30.1 Å². The molecule has 320 valence electrons. The summed E-state index contributed by atoms with van der Waals surface area (Å²) in [5.41, 5.74) is 1.83. The lowest BCUT2D eigenvalue weighted by atomic mass is 10.1. The number of benzene rings is 1. The molecule has 0 heterocycles. The average molecular weight is 808 g/mol. The quantitative estimate of drug-likeness (QED) is 0.0205. The second kappa shape index (κ2) is 32.8. The van der Waals surface area contributed by atoms with Crippen LogP contribution in [-0.4, -0.2) is 167 Å². The summed E-state index contributed by atoms with van der Waals surface area (Å²) in [6.07, 6.45) is -0.835. The van der Waals surface area contributed by atoms with Gasteiger partial charge in [0, 0.05) is 26.6 Å². The van der Waals surface area contributed by atoms with Crippen molar-refractivity contribution in [1.29, 1.82) is 0 Å². The number of carbonyl (C=O) groups is 4. The molecule has 0 aliphatic carbocycles. The van der Waals surface area contributed by atoms with Gasteiger partial charge < -0.3 is 62.3 Å². The molecule has 22 heteroatoms. The van der Waals surface area contributed by atoms with Gasteiger partial charge in [0.2, 0.25) is 5.91 Å². The van der Waals surface area contributed by atoms with Crippen LogP contribution in [0.5, 0.6) is 11.5 Å². The summed E-state index contributed by atoms with van der Waals surface area (Å²) in [5.74, 6) is 4.67. The van der Waals surface area contributed by atoms with E-state index in [-0.39, 0.29) is 74.6 Å². The van der Waals surface area contributed by atoms with E-state index in [1.54, 1.807) is 7.05 Å². The smallest absolute Gasteiger partial charge is 0.409 e. The van der Waals surface area contributed by atoms with Crippen LogP contribution in [0, 0.1) is 10.1 Å². The van der Waals surface area contributed by atoms with Crippen LogP contribution in [0.3, 0.4) is 0 Å². The average Bonchev–Trinajstić information content (AvgIpc) is 3.19. The highest BCUT2D eigenvalue weighted by Crippen LogP contribution is 2.38. The van der Waals surface area contributed by atoms with Crippen molar-refractivity contribution in [2.24, 2.45) is 5.84 Å². The van der Waals surface area contributed by atoms with Gasteiger partial charge in [0.25, 0.3) is 18.1 Å². The third-order valence-electron chi connectivity index (χ3n) is 7.17. The maximum absolute atomic E-state index is 12.1. The summed E-state index contributed by atoms with van der Waals surface area (Å²) >= 11 is 0. The normalized spacial score (nSPS) is 11.4. The van der Waals surface area contributed by atoms with Gasteiger partial charge in [0.05, 0.1) is 116 Å². The van der Waals surface area contributed by atoms with E-state index in [2.05, 4.69) is 5.32 Å². The molecular weight excluding hydrogens is 750 g/mol. The highest BCUT2D eigenvalue weighted by molar-refractivity contribution is 5.76. The second-order valence-electron chi connectivity index (χ2n) is 11.3. The number of amides is 3. The van der Waals surface area contributed by atoms with E-state index in [0.717, 1.165) is 0 Å². The Morgan fingerprint density at radius 3 is 1.91 bits per heavy atom. The minimum Gasteiger partial charge on any atom is -0.493 e. The first kappa shape index (κ1) is 49.6. The van der Waals surface area contributed by atoms with Crippen LogP contribution in [-0.2, 0) is 57.0 Å². The van der Waals surface area contributed by atoms with Gasteiger partial charge in [0.15, 0.2) is 11.5 Å². The number of ether oxygens (including phenoxy) is 11. The monoisotopic (exact) mass is 807 g/mol. The van der Waals surface area contributed by atoms with Crippen LogP contribution >= 0.6 is 0 Å². The number of nitrogens with one attached hydrogen (secondary N) is 2. The van der Waals surface area contributed by atoms with E-state index in [9.17, 15) is 29.3 Å². The Bertz CT molecular complexity index is 1260. The van der Waals surface area contributed by atoms with Crippen molar-refractivity contribution in [1.82, 2.24) is 15.6 Å². The summed E-state index contributed by atoms with van der Waals surface area (Å²) in [7, 11) is 2.98. The lowest BCUT2D eigenvalue weighted by molar-refractivity contribution is -0.386. The van der Waals surface area contributed by atoms with E-state index in [1.165, 1.54) is 31.1 Å². The number of hydrogen-bond donors (Lipinski definition) is 3. The Balaban J connectivity index is 1.94. The molecule has 0 saturated heterocycles. The van der Waals surface area contributed by atoms with E-state index in [1.807, 2.05) is 5.43 Å². The molecule has 0 bridgehead atoms. The molecule has 0 fully saturated rings. The van der Waals surface area contributed by atoms with Gasteiger partial charge in [-0.3, -0.25) is 29.9 Å². The topological polar surface area (TPSA) is 266 Å². The highest BCUT2D eigenvalue weighted by atomic mass is 16.6. The summed E-state index contributed by atoms with van der Waals surface area (Å²) < 4.78 is 58.3. The SMILES string of the molecule is COc1cc(C(C)OC=O)c([N+](=O)[O-])cc1OCCCC(=O)NCCOCCOCCOCCOCCN(C)C(=O)OCCOCCOCCOCC(=O)NN. The molecule has 0 aliphatic heterocycles. The Hall–Kier alpha value is -4.42. The fraction of sp³-hybridized carbons (Fsp3) is 0.706. The number of carbonyl (C=O) groups excluding carboxylic acids is 4. The van der Waals surface area contributed by atoms with Crippen LogP contribution in [0.2, 0.25) is 0 Å². The molecule has 0 aromatic heterocycles. The van der Waals surface area contributed by atoms with E-state index < -0.39 is 23.0 Å². The molecule has 0 aliphatic rings. The van der Waals surface area contributed by atoms with E-state index in [4.69, 9.17) is 57.9 Å². The van der Waals surface area contributed by atoms with E-state index in [0.29, 0.717) is 92.2 Å². The number of nitrogens with zero attached hydrogens (tertiary/aromatic N) is 2. The summed E-state index contributed by atoms with van der Waals surface area (Å²) in [6.45, 7) is 6.62. The lowest BCUT2D eigenvalue weighted by Gasteiger charge is -2.17. The van der Waals surface area contributed by atoms with Gasteiger partial charge >= 0.3 is 6.09 Å². The first-order chi connectivity index (χ1) is 27.1. The Morgan fingerprint density at radius 1 is 0.804 bits per heavy atom. The van der Waals surface area contributed by atoms with Crippen LogP contribution in [0.1, 0.15) is 31.4 Å². The fourth-order valence-corrected chi connectivity index (χ4v) is 4.24. The summed E-state index contributed by atoms with van der Waals surface area (Å²) in [5, 5.41) is 14.3. The van der Waals surface area contributed by atoms with Gasteiger partial charge in [0.1, 0.15) is 19.3 Å². The number of hydrazine groups is 1. The van der Waals surface area contributed by atoms with Crippen molar-refractivity contribution in [3.05, 3.63) is 27.8 Å². The molecule has 1 aromatic carbocycles. The largest absolute Gasteiger partial charge is 0.493 e. The zero-order valence-electron chi connectivity index (χ0n) is 32.4. The number of methoxy groups -OCH3 is 1. The molecule has 0 spiro atoms. The van der Waals surface area contributed by atoms with Gasteiger partial charge in [-0.1, -0.05) is 0 Å². The van der Waals surface area contributed by atoms with Gasteiger partial charge in [-0.05, 0) is 19.4 Å². The Labute approximate surface area is 325 Å². The molecule has 1 rings (SSSR count). The van der Waals surface area contributed by atoms with E-state index >= 15 is 0 Å². The van der Waals surface area contributed by atoms with Crippen LogP contribution < -0.4 is 26.1 Å². The molecule has 56 heavy (non-hydrogen) atoms. The van der Waals surface area contributed by atoms with Crippen molar-refractivity contribution in [2.75, 3.05) is 133 Å². The van der Waals surface area contributed by atoms with Gasteiger partial charge in [-0.15, -0.1) is 0 Å². The van der Waals surface area contributed by atoms with Crippen LogP contribution in [0.25, 0.3) is 0 Å². The van der Waals surface area contributed by atoms with Crippen molar-refractivity contribution in [2.45, 2.75) is 25.9 Å². The number of nitro groups is 1. The van der Waals surface area contributed by atoms with Crippen LogP contribution in [0.4, 0.5) is 10.5 Å². The lowest BCUT2D eigenvalue weighted by Crippen LogP contribution is -2.33. The standard InChI is InChI=1S/C34H57N5O17/c1-27(56-26-40)28-23-30(46-3)31(24-29(28)39(44)45)54-8-4-5-32(41)36-6-9-47-11-13-49-15-16-50-14-12-48-10-7-38(2)34(43)55-22-21-52-18-17-51-19-20-53-25-33(42)37-35/h23-24,26-27H,4-22,25,35H2,1-3H3,(H,36,41)(H,37,42). The molecule has 4 N–H and O–H groups in total. The minimum atomic E-state index is -0.861. The predicted molar refractivity (Wildman–Crippen MR) is 195 cm³/mol. The zero-order valence-corrected chi connectivity index (χ0v) is 32.4. The number of nitro benzene ring substituents is 1. The van der Waals surface area contributed by atoms with Gasteiger partial charge in [-0.25, -0.2) is 10.6 Å². The minimum absolute atomic E-state index is 0.0952. The Morgan fingerprint density at radius 2 is 1.36 bits per heavy atom. The summed E-state index contributed by atoms with van der Waals surface area (Å²) in [6, 6.07) is 2.59. The molecule has 0 radical (unpaired) electrons. The second-order valence-corrected chi connectivity index (χ2v) is 11.3. The zero-order chi connectivity index (χ0) is 41.2. The molecule has 1 aromatic rings. The number of rotatable bonds is 36. The molecular formula is C34H57N5O17. The summed E-state index contributed by atoms with van der Waals surface area (Å²) in [4.78, 5) is 58.0. The predicted octanol–water partition coefficient (Wildman–Crippen LogP) is 0.287. The molecule has 22 nitrogen and oxygen atoms in total. The number of nitrogens with two attached hydrogens (primary N) is 1. The third-order valence-corrected chi connectivity index (χ3v) is 7.17. The maximum Gasteiger partial charge on any atom is 0.409 e.